The minimum absolute atomic E-state index is 0.128. The molecule has 0 aliphatic carbocycles. The second-order valence-electron chi connectivity index (χ2n) is 22.5. The third kappa shape index (κ3) is 28.7. The molecule has 0 aromatic rings. The van der Waals surface area contributed by atoms with Crippen molar-refractivity contribution >= 4 is 82.7 Å². The molecule has 1 unspecified atom stereocenters. The highest BCUT2D eigenvalue weighted by Crippen LogP contribution is 2.17. The number of nitrogens with zero attached hydrogens (tertiary/aromatic N) is 7. The largest absolute Gasteiger partial charge is 0.276 e. The maximum Gasteiger partial charge on any atom is 0.253 e. The minimum atomic E-state index is -0.282. The summed E-state index contributed by atoms with van der Waals surface area (Å²) in [5.74, 6) is -2.89. The Kier molecular flexibility index (Phi) is 36.8. The zero-order chi connectivity index (χ0) is 65.3. The molecule has 0 aromatic carbocycles. The van der Waals surface area contributed by atoms with Crippen LogP contribution < -0.4 is 0 Å². The standard InChI is InChI=1S/C22H37NO2.C20H28N2O4.C14H16N2O4.2C6H7NO2/c1-2-3-4-5-6-7-8-9-10-11-12-13-14-15-16-17-20-23-21(24)18-19-22(23)25;23-17-11-12-18(24)21(17)15-9-7-5-3-1-2-4-6-8-10-16-22-19(25)13-14-20(22)26;1-10(9-16-13(19)6-7-14(16)20)3-2-8-15-11(17)4-5-12(15)18;2*1-2-7-5(8)3-4-6(7)9/h10-11,18-19H,2-9,12-17,20H2,1H3;11-14H,1-10,15-16H2;4-7,10H,2-3,8-9H2,1H3;2*3-4H,2H2,1H3/b11-10+;;;;. The molecule has 21 nitrogen and oxygen atoms in total. The van der Waals surface area contributed by atoms with Crippen LogP contribution in [0.2, 0.25) is 0 Å². The van der Waals surface area contributed by atoms with E-state index in [9.17, 15) is 67.1 Å². The van der Waals surface area contributed by atoms with E-state index in [0.717, 1.165) is 57.8 Å². The number of hydrogen-bond donors (Lipinski definition) is 0. The summed E-state index contributed by atoms with van der Waals surface area (Å²) in [4.78, 5) is 165. The summed E-state index contributed by atoms with van der Waals surface area (Å²) in [5, 5.41) is 0. The van der Waals surface area contributed by atoms with E-state index in [0.29, 0.717) is 52.2 Å². The van der Waals surface area contributed by atoms with Crippen molar-refractivity contribution in [2.24, 2.45) is 5.92 Å². The fourth-order valence-electron chi connectivity index (χ4n) is 10.2. The van der Waals surface area contributed by atoms with Crippen molar-refractivity contribution in [1.82, 2.24) is 34.3 Å². The van der Waals surface area contributed by atoms with Gasteiger partial charge in [-0.05, 0) is 77.6 Å². The molecule has 0 saturated heterocycles. The molecule has 0 saturated carbocycles. The molecule has 14 amide bonds. The third-order valence-corrected chi connectivity index (χ3v) is 15.4. The molecule has 0 aromatic heterocycles. The Morgan fingerprint density at radius 3 is 0.697 bits per heavy atom. The number of unbranched alkanes of at least 4 members (excludes halogenated alkanes) is 21. The molecule has 486 valence electrons. The Hall–Kier alpha value is -8.10. The van der Waals surface area contributed by atoms with Crippen LogP contribution in [0.1, 0.15) is 195 Å². The van der Waals surface area contributed by atoms with Crippen molar-refractivity contribution in [3.05, 3.63) is 97.2 Å². The first-order valence-corrected chi connectivity index (χ1v) is 32.2. The zero-order valence-corrected chi connectivity index (χ0v) is 53.0. The second kappa shape index (κ2) is 43.5. The van der Waals surface area contributed by atoms with E-state index in [-0.39, 0.29) is 88.6 Å². The van der Waals surface area contributed by atoms with E-state index >= 15 is 0 Å². The summed E-state index contributed by atoms with van der Waals surface area (Å²) in [7, 11) is 0. The van der Waals surface area contributed by atoms with Crippen LogP contribution in [0.5, 0.6) is 0 Å². The first kappa shape index (κ1) is 75.2. The maximum atomic E-state index is 11.4. The molecule has 89 heavy (non-hydrogen) atoms. The van der Waals surface area contributed by atoms with Crippen LogP contribution in [-0.2, 0) is 67.1 Å². The summed E-state index contributed by atoms with van der Waals surface area (Å²) < 4.78 is 0. The van der Waals surface area contributed by atoms with E-state index in [1.54, 1.807) is 13.8 Å². The van der Waals surface area contributed by atoms with Gasteiger partial charge in [0.25, 0.3) is 82.7 Å². The number of allylic oxidation sites excluding steroid dienone is 2. The summed E-state index contributed by atoms with van der Waals surface area (Å²) in [5.41, 5.74) is 0. The van der Waals surface area contributed by atoms with Gasteiger partial charge in [0.15, 0.2) is 0 Å². The fourth-order valence-corrected chi connectivity index (χ4v) is 10.2. The van der Waals surface area contributed by atoms with Crippen LogP contribution in [0.15, 0.2) is 97.2 Å². The third-order valence-electron chi connectivity index (χ3n) is 15.4. The average molecular weight is 1230 g/mol. The lowest BCUT2D eigenvalue weighted by atomic mass is 10.0. The van der Waals surface area contributed by atoms with Crippen molar-refractivity contribution < 1.29 is 67.1 Å². The highest BCUT2D eigenvalue weighted by molar-refractivity contribution is 6.16. The Labute approximate surface area is 525 Å². The van der Waals surface area contributed by atoms with E-state index in [4.69, 9.17) is 0 Å². The number of likely N-dealkylation sites (N-methyl/N-ethyl adjacent to an activating group) is 2. The number of rotatable bonds is 37. The van der Waals surface area contributed by atoms with Crippen molar-refractivity contribution in [3.63, 3.8) is 0 Å². The Balaban J connectivity index is 0.000000307. The lowest BCUT2D eigenvalue weighted by Gasteiger charge is -2.20. The molecule has 0 fully saturated rings. The highest BCUT2D eigenvalue weighted by atomic mass is 16.2. The number of carbonyl (C=O) groups excluding carboxylic acids is 14. The predicted molar refractivity (Wildman–Crippen MR) is 336 cm³/mol. The molecule has 0 radical (unpaired) electrons. The molecule has 7 aliphatic rings. The lowest BCUT2D eigenvalue weighted by molar-refractivity contribution is -0.139. The van der Waals surface area contributed by atoms with E-state index in [2.05, 4.69) is 19.1 Å². The van der Waals surface area contributed by atoms with Gasteiger partial charge < -0.3 is 0 Å². The monoisotopic (exact) mass is 1230 g/mol. The van der Waals surface area contributed by atoms with Crippen LogP contribution in [-0.4, -0.2) is 163 Å². The Morgan fingerprint density at radius 1 is 0.258 bits per heavy atom. The van der Waals surface area contributed by atoms with Crippen molar-refractivity contribution in [3.8, 4) is 0 Å². The molecule has 21 heteroatoms. The molecular weight excluding hydrogens is 1140 g/mol. The molecule has 0 bridgehead atoms. The van der Waals surface area contributed by atoms with Gasteiger partial charge in [-0.25, -0.2) is 0 Å². The molecule has 1 atom stereocenters. The Bertz CT molecular complexity index is 2500. The summed E-state index contributed by atoms with van der Waals surface area (Å²) in [6, 6.07) is 0. The van der Waals surface area contributed by atoms with Crippen LogP contribution in [0.4, 0.5) is 0 Å². The number of hydrogen-bond acceptors (Lipinski definition) is 14. The summed E-state index contributed by atoms with van der Waals surface area (Å²) in [6.07, 6.45) is 53.0. The van der Waals surface area contributed by atoms with Crippen LogP contribution >= 0.6 is 0 Å². The van der Waals surface area contributed by atoms with Crippen molar-refractivity contribution in [2.45, 2.75) is 195 Å². The number of imide groups is 7. The summed E-state index contributed by atoms with van der Waals surface area (Å²) >= 11 is 0. The van der Waals surface area contributed by atoms with Gasteiger partial charge in [0, 0.05) is 131 Å². The van der Waals surface area contributed by atoms with Gasteiger partial charge in [-0.2, -0.15) is 0 Å². The van der Waals surface area contributed by atoms with Gasteiger partial charge in [0.05, 0.1) is 0 Å². The molecule has 0 N–H and O–H groups in total. The highest BCUT2D eigenvalue weighted by Gasteiger charge is 2.28. The smallest absolute Gasteiger partial charge is 0.253 e. The molecular formula is C68H95N7O14. The maximum absolute atomic E-state index is 11.4. The number of amides is 14. The van der Waals surface area contributed by atoms with Gasteiger partial charge in [0.2, 0.25) is 0 Å². The topological polar surface area (TPSA) is 262 Å². The van der Waals surface area contributed by atoms with Gasteiger partial charge in [-0.3, -0.25) is 101 Å². The van der Waals surface area contributed by atoms with Crippen LogP contribution in [0, 0.1) is 5.92 Å². The normalized spacial score (nSPS) is 16.9. The molecule has 7 rings (SSSR count). The van der Waals surface area contributed by atoms with Crippen molar-refractivity contribution in [1.29, 1.82) is 0 Å². The first-order chi connectivity index (χ1) is 42.8. The predicted octanol–water partition coefficient (Wildman–Crippen LogP) is 8.80. The molecule has 0 spiro atoms. The first-order valence-electron chi connectivity index (χ1n) is 32.2. The van der Waals surface area contributed by atoms with Gasteiger partial charge >= 0.3 is 0 Å². The van der Waals surface area contributed by atoms with E-state index in [1.165, 1.54) is 222 Å². The lowest BCUT2D eigenvalue weighted by Crippen LogP contribution is -2.35. The molecule has 7 heterocycles. The average Bonchev–Trinajstić information content (AvgIpc) is 4.62. The van der Waals surface area contributed by atoms with E-state index < -0.39 is 0 Å². The quantitative estimate of drug-likeness (QED) is 0.0320. The van der Waals surface area contributed by atoms with Crippen LogP contribution in [0.25, 0.3) is 0 Å². The van der Waals surface area contributed by atoms with Crippen molar-refractivity contribution in [2.75, 3.05) is 45.8 Å². The molecule has 7 aliphatic heterocycles. The minimum Gasteiger partial charge on any atom is -0.276 e. The van der Waals surface area contributed by atoms with Gasteiger partial charge in [-0.15, -0.1) is 0 Å². The summed E-state index contributed by atoms with van der Waals surface area (Å²) in [6.45, 7) is 11.0. The zero-order valence-electron chi connectivity index (χ0n) is 53.0. The van der Waals surface area contributed by atoms with Gasteiger partial charge in [0.1, 0.15) is 0 Å². The number of carbonyl (C=O) groups is 14. The SMILES string of the molecule is CC(CCCN1C(=O)C=CC1=O)CN1C(=O)C=CC1=O.CCCCCCCCC/C=C/CCCCCCCN1C(=O)C=CC1=O.CCN1C(=O)C=CC1=O.CCN1C(=O)C=CC1=O.O=C1C=CC(=O)N1CCCCCCCCCCCCN1C(=O)C=CC1=O. The van der Waals surface area contributed by atoms with E-state index in [1.807, 2.05) is 6.92 Å². The second-order valence-corrected chi connectivity index (χ2v) is 22.5. The fraction of sp³-hybridized carbons (Fsp3) is 0.559. The van der Waals surface area contributed by atoms with Gasteiger partial charge in [-0.1, -0.05) is 135 Å². The van der Waals surface area contributed by atoms with Crippen LogP contribution in [0.3, 0.4) is 0 Å². The Morgan fingerprint density at radius 2 is 0.461 bits per heavy atom.